The highest BCUT2D eigenvalue weighted by molar-refractivity contribution is 7.48. The summed E-state index contributed by atoms with van der Waals surface area (Å²) in [7, 11) is -0.917. The van der Waals surface area contributed by atoms with Gasteiger partial charge in [-0.25, -0.2) is 4.57 Å². The average Bonchev–Trinajstić information content (AvgIpc) is 2.49. The van der Waals surface area contributed by atoms with Crippen molar-refractivity contribution in [1.82, 2.24) is 0 Å². The number of anilines is 1. The Bertz CT molecular complexity index is 469. The van der Waals surface area contributed by atoms with Crippen LogP contribution in [0.15, 0.2) is 24.3 Å². The van der Waals surface area contributed by atoms with Gasteiger partial charge in [0.25, 0.3) is 0 Å². The minimum Gasteiger partial charge on any atom is -0.404 e. The van der Waals surface area contributed by atoms with Crippen LogP contribution in [-0.4, -0.2) is 19.8 Å². The van der Waals surface area contributed by atoms with E-state index in [9.17, 15) is 4.57 Å². The maximum atomic E-state index is 11.9. The lowest BCUT2D eigenvalue weighted by molar-refractivity contribution is 0.211. The minimum absolute atomic E-state index is 0.0749. The lowest BCUT2D eigenvalue weighted by Crippen LogP contribution is -2.33. The molecule has 1 aromatic rings. The molecule has 1 atom stereocenters. The first-order valence-electron chi connectivity index (χ1n) is 7.19. The fraction of sp³-hybridized carbons (Fsp3) is 0.600. The number of phosphoric acid groups is 1. The average molecular weight is 315 g/mol. The molecule has 0 spiro atoms. The first-order valence-corrected chi connectivity index (χ1v) is 8.65. The van der Waals surface area contributed by atoms with Crippen LogP contribution in [0.5, 0.6) is 5.75 Å². The van der Waals surface area contributed by atoms with E-state index in [-0.39, 0.29) is 5.54 Å². The molecule has 1 unspecified atom stereocenters. The summed E-state index contributed by atoms with van der Waals surface area (Å²) >= 11 is 0. The third-order valence-corrected chi connectivity index (χ3v) is 4.88. The predicted molar refractivity (Wildman–Crippen MR) is 85.9 cm³/mol. The molecule has 0 heterocycles. The van der Waals surface area contributed by atoms with Gasteiger partial charge in [-0.15, -0.1) is 0 Å². The molecule has 0 fully saturated rings. The quantitative estimate of drug-likeness (QED) is 0.660. The maximum absolute atomic E-state index is 11.9. The lowest BCUT2D eigenvalue weighted by atomic mass is 9.92. The summed E-state index contributed by atoms with van der Waals surface area (Å²) in [6, 6.07) is 7.28. The largest absolute Gasteiger partial charge is 0.529 e. The van der Waals surface area contributed by atoms with E-state index in [0.717, 1.165) is 24.9 Å². The van der Waals surface area contributed by atoms with E-state index in [1.54, 1.807) is 12.1 Å². The molecular formula is C15H26NO4P. The van der Waals surface area contributed by atoms with E-state index in [1.807, 2.05) is 12.1 Å². The molecule has 0 aromatic heterocycles. The van der Waals surface area contributed by atoms with Crippen molar-refractivity contribution in [2.75, 3.05) is 19.5 Å². The Hall–Kier alpha value is -1.03. The Balaban J connectivity index is 2.76. The zero-order chi connectivity index (χ0) is 15.9. The number of benzene rings is 1. The van der Waals surface area contributed by atoms with Crippen LogP contribution in [0.4, 0.5) is 5.69 Å². The van der Waals surface area contributed by atoms with Gasteiger partial charge in [-0.1, -0.05) is 20.3 Å². The Kier molecular flexibility index (Phi) is 6.72. The molecule has 0 aliphatic rings. The highest BCUT2D eigenvalue weighted by Gasteiger charge is 2.25. The second-order valence-corrected chi connectivity index (χ2v) is 7.02. The van der Waals surface area contributed by atoms with Gasteiger partial charge in [-0.3, -0.25) is 9.05 Å². The number of nitrogens with one attached hydrogen (secondary N) is 1. The summed E-state index contributed by atoms with van der Waals surface area (Å²) in [5, 5.41) is 3.54. The Morgan fingerprint density at radius 2 is 1.71 bits per heavy atom. The van der Waals surface area contributed by atoms with E-state index in [2.05, 4.69) is 26.1 Å². The molecule has 0 saturated heterocycles. The summed E-state index contributed by atoms with van der Waals surface area (Å²) < 4.78 is 26.6. The van der Waals surface area contributed by atoms with Gasteiger partial charge in [0.1, 0.15) is 5.75 Å². The highest BCUT2D eigenvalue weighted by Crippen LogP contribution is 2.47. The van der Waals surface area contributed by atoms with Crippen molar-refractivity contribution in [1.29, 1.82) is 0 Å². The predicted octanol–water partition coefficient (Wildman–Crippen LogP) is 4.85. The van der Waals surface area contributed by atoms with Crippen LogP contribution in [0.2, 0.25) is 0 Å². The second-order valence-electron chi connectivity index (χ2n) is 5.22. The maximum Gasteiger partial charge on any atom is 0.529 e. The lowest BCUT2D eigenvalue weighted by Gasteiger charge is -2.30. The summed E-state index contributed by atoms with van der Waals surface area (Å²) in [4.78, 5) is 0. The van der Waals surface area contributed by atoms with Gasteiger partial charge >= 0.3 is 7.82 Å². The zero-order valence-corrected chi connectivity index (χ0v) is 14.4. The van der Waals surface area contributed by atoms with Gasteiger partial charge in [-0.2, -0.15) is 0 Å². The number of hydrogen-bond donors (Lipinski definition) is 1. The fourth-order valence-corrected chi connectivity index (χ4v) is 2.78. The highest BCUT2D eigenvalue weighted by atomic mass is 31.2. The molecule has 0 aliphatic carbocycles. The molecule has 0 radical (unpaired) electrons. The van der Waals surface area contributed by atoms with E-state index in [4.69, 9.17) is 13.6 Å². The fourth-order valence-electron chi connectivity index (χ4n) is 2.11. The van der Waals surface area contributed by atoms with Crippen molar-refractivity contribution >= 4 is 13.5 Å². The van der Waals surface area contributed by atoms with Crippen molar-refractivity contribution < 1.29 is 18.1 Å². The van der Waals surface area contributed by atoms with Crippen molar-refractivity contribution in [2.24, 2.45) is 0 Å². The number of hydrogen-bond acceptors (Lipinski definition) is 5. The molecule has 0 aliphatic heterocycles. The van der Waals surface area contributed by atoms with E-state index in [0.29, 0.717) is 5.75 Å². The number of rotatable bonds is 9. The standard InChI is InChI=1S/C15H26NO4P/c1-6-12-15(3,7-2)16-13-8-10-14(11-9-13)20-21(17,18-4)19-5/h8-11,16H,6-7,12H2,1-5H3. The van der Waals surface area contributed by atoms with E-state index < -0.39 is 7.82 Å². The van der Waals surface area contributed by atoms with Crippen molar-refractivity contribution in [3.8, 4) is 5.75 Å². The van der Waals surface area contributed by atoms with Gasteiger partial charge in [0, 0.05) is 25.4 Å². The topological polar surface area (TPSA) is 56.8 Å². The third-order valence-electron chi connectivity index (χ3n) is 3.55. The van der Waals surface area contributed by atoms with Crippen LogP contribution in [0.3, 0.4) is 0 Å². The summed E-state index contributed by atoms with van der Waals surface area (Å²) in [5.41, 5.74) is 1.08. The SMILES string of the molecule is CCCC(C)(CC)Nc1ccc(OP(=O)(OC)OC)cc1. The molecule has 1 aromatic carbocycles. The summed E-state index contributed by atoms with van der Waals surface area (Å²) in [6.45, 7) is 6.57. The van der Waals surface area contributed by atoms with Crippen LogP contribution >= 0.6 is 7.82 Å². The molecule has 21 heavy (non-hydrogen) atoms. The van der Waals surface area contributed by atoms with Crippen LogP contribution in [-0.2, 0) is 13.6 Å². The van der Waals surface area contributed by atoms with E-state index in [1.165, 1.54) is 14.2 Å². The van der Waals surface area contributed by atoms with Gasteiger partial charge in [-0.05, 0) is 44.0 Å². The zero-order valence-electron chi connectivity index (χ0n) is 13.5. The van der Waals surface area contributed by atoms with Gasteiger partial charge < -0.3 is 9.84 Å². The molecule has 120 valence electrons. The van der Waals surface area contributed by atoms with E-state index >= 15 is 0 Å². The smallest absolute Gasteiger partial charge is 0.404 e. The second kappa shape index (κ2) is 7.83. The summed E-state index contributed by atoms with van der Waals surface area (Å²) in [5.74, 6) is 0.446. The molecule has 0 bridgehead atoms. The van der Waals surface area contributed by atoms with Gasteiger partial charge in [0.15, 0.2) is 0 Å². The molecule has 0 amide bonds. The van der Waals surface area contributed by atoms with Crippen LogP contribution in [0, 0.1) is 0 Å². The Morgan fingerprint density at radius 1 is 1.14 bits per heavy atom. The van der Waals surface area contributed by atoms with Crippen molar-refractivity contribution in [3.05, 3.63) is 24.3 Å². The molecule has 1 N–H and O–H groups in total. The van der Waals surface area contributed by atoms with Crippen molar-refractivity contribution in [2.45, 2.75) is 45.6 Å². The normalized spacial score (nSPS) is 14.5. The van der Waals surface area contributed by atoms with Crippen LogP contribution in [0.1, 0.15) is 40.0 Å². The van der Waals surface area contributed by atoms with Gasteiger partial charge in [0.05, 0.1) is 0 Å². The Morgan fingerprint density at radius 3 is 2.14 bits per heavy atom. The molecule has 1 rings (SSSR count). The van der Waals surface area contributed by atoms with Crippen molar-refractivity contribution in [3.63, 3.8) is 0 Å². The first-order chi connectivity index (χ1) is 9.90. The van der Waals surface area contributed by atoms with Gasteiger partial charge in [0.2, 0.25) is 0 Å². The van der Waals surface area contributed by atoms with Crippen LogP contribution in [0.25, 0.3) is 0 Å². The monoisotopic (exact) mass is 315 g/mol. The molecule has 6 heteroatoms. The molecule has 5 nitrogen and oxygen atoms in total. The molecular weight excluding hydrogens is 289 g/mol. The summed E-state index contributed by atoms with van der Waals surface area (Å²) in [6.07, 6.45) is 3.27. The first kappa shape index (κ1) is 18.0. The minimum atomic E-state index is -3.50. The number of phosphoric ester groups is 1. The Labute approximate surface area is 127 Å². The van der Waals surface area contributed by atoms with Crippen LogP contribution < -0.4 is 9.84 Å². The third kappa shape index (κ3) is 5.34. The molecule has 0 saturated carbocycles.